The maximum Gasteiger partial charge on any atom is 0.353 e. The summed E-state index contributed by atoms with van der Waals surface area (Å²) < 4.78 is 85.6. The second-order valence-corrected chi connectivity index (χ2v) is 8.59. The summed E-state index contributed by atoms with van der Waals surface area (Å²) in [6, 6.07) is 4.64. The van der Waals surface area contributed by atoms with Gasteiger partial charge in [-0.2, -0.15) is 13.2 Å². The quantitative estimate of drug-likeness (QED) is 0.394. The van der Waals surface area contributed by atoms with Crippen molar-refractivity contribution in [3.63, 3.8) is 0 Å². The van der Waals surface area contributed by atoms with Crippen molar-refractivity contribution in [2.24, 2.45) is 0 Å². The van der Waals surface area contributed by atoms with Gasteiger partial charge in [0.15, 0.2) is 0 Å². The Bertz CT molecular complexity index is 1300. The largest absolute Gasteiger partial charge is 0.454 e. The number of hydrogen-bond acceptors (Lipinski definition) is 5. The summed E-state index contributed by atoms with van der Waals surface area (Å²) >= 11 is 0. The monoisotopic (exact) mass is 543 g/mol. The van der Waals surface area contributed by atoms with Crippen molar-refractivity contribution in [1.29, 1.82) is 0 Å². The predicted octanol–water partition coefficient (Wildman–Crippen LogP) is 2.93. The van der Waals surface area contributed by atoms with Crippen LogP contribution >= 0.6 is 0 Å². The second-order valence-electron chi connectivity index (χ2n) is 8.59. The van der Waals surface area contributed by atoms with E-state index in [0.29, 0.717) is 23.3 Å². The zero-order valence-electron chi connectivity index (χ0n) is 19.3. The van der Waals surface area contributed by atoms with Crippen LogP contribution < -0.4 is 15.4 Å². The van der Waals surface area contributed by atoms with Crippen molar-refractivity contribution < 1.29 is 50.3 Å². The van der Waals surface area contributed by atoms with Gasteiger partial charge < -0.3 is 15.0 Å². The number of carbonyl (C=O) groups is 4. The molecule has 1 saturated heterocycles. The van der Waals surface area contributed by atoms with Crippen molar-refractivity contribution in [3.05, 3.63) is 64.5 Å². The number of fused-ring (bicyclic) bond motifs is 1. The van der Waals surface area contributed by atoms with Crippen molar-refractivity contribution in [2.45, 2.75) is 50.7 Å². The summed E-state index contributed by atoms with van der Waals surface area (Å²) in [4.78, 5) is 49.9. The molecule has 4 rings (SSSR count). The van der Waals surface area contributed by atoms with E-state index in [0.717, 1.165) is 0 Å². The summed E-state index contributed by atoms with van der Waals surface area (Å²) in [6.45, 7) is -0.433. The number of carbonyl (C=O) groups excluding carboxylic acids is 4. The molecule has 2 aliphatic heterocycles. The molecule has 0 bridgehead atoms. The predicted molar refractivity (Wildman–Crippen MR) is 116 cm³/mol. The van der Waals surface area contributed by atoms with E-state index in [1.54, 1.807) is 0 Å². The van der Waals surface area contributed by atoms with Crippen molar-refractivity contribution >= 4 is 23.6 Å². The summed E-state index contributed by atoms with van der Waals surface area (Å²) in [5.41, 5.74) is -0.279. The number of halogens is 6. The van der Waals surface area contributed by atoms with E-state index in [-0.39, 0.29) is 31.0 Å². The number of benzene rings is 2. The van der Waals surface area contributed by atoms with Crippen LogP contribution in [0.1, 0.15) is 39.9 Å². The number of nitrogens with zero attached hydrogens (tertiary/aromatic N) is 1. The van der Waals surface area contributed by atoms with Crippen LogP contribution in [0.3, 0.4) is 0 Å². The van der Waals surface area contributed by atoms with Gasteiger partial charge in [-0.25, -0.2) is 13.2 Å². The molecular weight excluding hydrogens is 524 g/mol. The van der Waals surface area contributed by atoms with Gasteiger partial charge in [0.25, 0.3) is 18.2 Å². The molecular formula is C24H19F6N3O5. The molecule has 2 unspecified atom stereocenters. The summed E-state index contributed by atoms with van der Waals surface area (Å²) in [5.74, 6) is -10.3. The lowest BCUT2D eigenvalue weighted by Gasteiger charge is -2.29. The van der Waals surface area contributed by atoms with Gasteiger partial charge in [-0.3, -0.25) is 24.5 Å². The first-order chi connectivity index (χ1) is 17.9. The number of nitrogens with one attached hydrogen (secondary N) is 2. The normalized spacial score (nSPS) is 18.3. The fourth-order valence-electron chi connectivity index (χ4n) is 4.18. The lowest BCUT2D eigenvalue weighted by atomic mass is 10.0. The van der Waals surface area contributed by atoms with Gasteiger partial charge in [0.1, 0.15) is 17.6 Å². The molecule has 2 aromatic rings. The molecule has 2 atom stereocenters. The molecule has 2 heterocycles. The summed E-state index contributed by atoms with van der Waals surface area (Å²) in [6.07, 6.45) is -6.82. The molecule has 202 valence electrons. The Hall–Kier alpha value is -4.10. The number of alkyl halides is 5. The molecule has 2 N–H and O–H groups in total. The average Bonchev–Trinajstić information content (AvgIpc) is 3.17. The highest BCUT2D eigenvalue weighted by molar-refractivity contribution is 6.05. The molecule has 2 aliphatic rings. The third-order valence-electron chi connectivity index (χ3n) is 6.05. The first-order valence-corrected chi connectivity index (χ1v) is 11.2. The van der Waals surface area contributed by atoms with Gasteiger partial charge in [0.05, 0.1) is 5.56 Å². The van der Waals surface area contributed by atoms with E-state index < -0.39 is 72.1 Å². The van der Waals surface area contributed by atoms with Gasteiger partial charge in [0, 0.05) is 31.1 Å². The van der Waals surface area contributed by atoms with Crippen LogP contribution in [0, 0.1) is 5.82 Å². The Morgan fingerprint density at radius 3 is 2.55 bits per heavy atom. The van der Waals surface area contributed by atoms with Gasteiger partial charge in [-0.15, -0.1) is 0 Å². The minimum Gasteiger partial charge on any atom is -0.454 e. The smallest absolute Gasteiger partial charge is 0.353 e. The molecule has 2 aromatic carbocycles. The molecule has 0 saturated carbocycles. The van der Waals surface area contributed by atoms with Crippen molar-refractivity contribution in [2.75, 3.05) is 0 Å². The topological polar surface area (TPSA) is 105 Å². The lowest BCUT2D eigenvalue weighted by Crippen LogP contribution is -2.52. The van der Waals surface area contributed by atoms with E-state index >= 15 is 0 Å². The van der Waals surface area contributed by atoms with Crippen LogP contribution in [-0.4, -0.2) is 47.4 Å². The lowest BCUT2D eigenvalue weighted by molar-refractivity contribution is -0.147. The van der Waals surface area contributed by atoms with Crippen LogP contribution in [0.5, 0.6) is 5.75 Å². The first-order valence-electron chi connectivity index (χ1n) is 11.2. The molecule has 14 heteroatoms. The molecule has 0 spiro atoms. The minimum atomic E-state index is -4.42. The maximum atomic E-state index is 14.9. The molecule has 1 fully saturated rings. The van der Waals surface area contributed by atoms with Crippen LogP contribution in [0.2, 0.25) is 0 Å². The highest BCUT2D eigenvalue weighted by Crippen LogP contribution is 2.37. The highest BCUT2D eigenvalue weighted by atomic mass is 19.3. The number of hydrogen-bond donors (Lipinski definition) is 2. The van der Waals surface area contributed by atoms with E-state index in [4.69, 9.17) is 0 Å². The molecule has 4 amide bonds. The Kier molecular flexibility index (Phi) is 7.33. The molecule has 38 heavy (non-hydrogen) atoms. The Balaban J connectivity index is 1.46. The van der Waals surface area contributed by atoms with Crippen molar-refractivity contribution in [3.8, 4) is 5.75 Å². The number of piperidine rings is 1. The third-order valence-corrected chi connectivity index (χ3v) is 6.05. The SMILES string of the molecule is O=C1CCC(N2Cc3cc(CNC(=O)C(F)(F)c4ccc(F)cc4OC(F)C(F)F)ccc3C2=O)C(=O)N1. The highest BCUT2D eigenvalue weighted by Gasteiger charge is 2.44. The fraction of sp³-hybridized carbons (Fsp3) is 0.333. The molecule has 0 aliphatic carbocycles. The maximum absolute atomic E-state index is 14.9. The summed E-state index contributed by atoms with van der Waals surface area (Å²) in [5, 5.41) is 4.13. The van der Waals surface area contributed by atoms with Gasteiger partial charge in [-0.1, -0.05) is 12.1 Å². The van der Waals surface area contributed by atoms with Gasteiger partial charge >= 0.3 is 12.3 Å². The molecule has 8 nitrogen and oxygen atoms in total. The molecule has 0 aromatic heterocycles. The zero-order chi connectivity index (χ0) is 27.8. The van der Waals surface area contributed by atoms with Gasteiger partial charge in [0.2, 0.25) is 11.8 Å². The van der Waals surface area contributed by atoms with E-state index in [1.807, 2.05) is 5.32 Å². The van der Waals surface area contributed by atoms with Crippen LogP contribution in [-0.2, 0) is 33.4 Å². The number of ether oxygens (including phenoxy) is 1. The number of amides is 4. The second kappa shape index (κ2) is 10.3. The minimum absolute atomic E-state index is 0.0171. The number of rotatable bonds is 8. The van der Waals surface area contributed by atoms with Crippen LogP contribution in [0.4, 0.5) is 26.3 Å². The van der Waals surface area contributed by atoms with E-state index in [1.165, 1.54) is 23.1 Å². The van der Waals surface area contributed by atoms with E-state index in [9.17, 15) is 45.5 Å². The average molecular weight is 543 g/mol. The number of imide groups is 1. The summed E-state index contributed by atoms with van der Waals surface area (Å²) in [7, 11) is 0. The zero-order valence-corrected chi connectivity index (χ0v) is 19.3. The Morgan fingerprint density at radius 2 is 1.87 bits per heavy atom. The van der Waals surface area contributed by atoms with Crippen LogP contribution in [0.15, 0.2) is 36.4 Å². The Labute approximate surface area is 210 Å². The van der Waals surface area contributed by atoms with Crippen molar-refractivity contribution in [1.82, 2.24) is 15.5 Å². The van der Waals surface area contributed by atoms with Crippen LogP contribution in [0.25, 0.3) is 0 Å². The van der Waals surface area contributed by atoms with Gasteiger partial charge in [-0.05, 0) is 35.7 Å². The first kappa shape index (κ1) is 26.9. The van der Waals surface area contributed by atoms with E-state index in [2.05, 4.69) is 10.1 Å². The molecule has 0 radical (unpaired) electrons. The Morgan fingerprint density at radius 1 is 1.13 bits per heavy atom. The standard InChI is InChI=1S/C24H19F6N3O5/c25-13-2-4-15(17(8-13)38-20(28)19(26)27)24(29,30)23(37)31-9-11-1-3-14-12(7-11)10-33(22(14)36)16-5-6-18(34)32-21(16)35/h1-4,7-8,16,19-20H,5-6,9-10H2,(H,31,37)(H,32,34,35). The third kappa shape index (κ3) is 5.29. The fourth-order valence-corrected chi connectivity index (χ4v) is 4.18.